The molecule has 0 aliphatic rings. The number of nitrogens with zero attached hydrogens (tertiary/aromatic N) is 2. The van der Waals surface area contributed by atoms with Crippen molar-refractivity contribution in [1.82, 2.24) is 9.97 Å². The van der Waals surface area contributed by atoms with Crippen molar-refractivity contribution in [2.24, 2.45) is 0 Å². The Balaban J connectivity index is 1.42. The quantitative estimate of drug-likeness (QED) is 0.406. The number of ether oxygens (including phenoxy) is 1. The van der Waals surface area contributed by atoms with E-state index >= 15 is 0 Å². The summed E-state index contributed by atoms with van der Waals surface area (Å²) in [5.41, 5.74) is 0.454. The molecule has 9 heteroatoms. The van der Waals surface area contributed by atoms with Gasteiger partial charge in [0.15, 0.2) is 6.10 Å². The van der Waals surface area contributed by atoms with Crippen LogP contribution in [0.15, 0.2) is 90.1 Å². The van der Waals surface area contributed by atoms with Crippen molar-refractivity contribution >= 4 is 38.3 Å². The zero-order valence-electron chi connectivity index (χ0n) is 17.8. The van der Waals surface area contributed by atoms with Crippen LogP contribution in [0.1, 0.15) is 13.3 Å². The second-order valence-electron chi connectivity index (χ2n) is 7.22. The molecule has 0 spiro atoms. The molecule has 1 atom stereocenters. The molecule has 33 heavy (non-hydrogen) atoms. The number of carbonyl (C=O) groups is 1. The highest BCUT2D eigenvalue weighted by Gasteiger charge is 2.20. The van der Waals surface area contributed by atoms with E-state index in [1.807, 2.05) is 49.4 Å². The summed E-state index contributed by atoms with van der Waals surface area (Å²) in [6, 6.07) is 21.0. The molecular formula is C24H22N4O4S. The highest BCUT2D eigenvalue weighted by molar-refractivity contribution is 7.92. The van der Waals surface area contributed by atoms with Gasteiger partial charge in [-0.3, -0.25) is 4.79 Å². The van der Waals surface area contributed by atoms with Gasteiger partial charge in [-0.2, -0.15) is 0 Å². The second-order valence-corrected chi connectivity index (χ2v) is 8.90. The van der Waals surface area contributed by atoms with Crippen LogP contribution in [0.3, 0.4) is 0 Å². The fourth-order valence-electron chi connectivity index (χ4n) is 3.20. The molecule has 0 bridgehead atoms. The Kier molecular flexibility index (Phi) is 6.50. The molecule has 0 fully saturated rings. The Bertz CT molecular complexity index is 1360. The van der Waals surface area contributed by atoms with Crippen molar-refractivity contribution in [2.75, 3.05) is 10.0 Å². The van der Waals surface area contributed by atoms with Gasteiger partial charge in [0.1, 0.15) is 5.75 Å². The van der Waals surface area contributed by atoms with E-state index in [1.54, 1.807) is 6.07 Å². The van der Waals surface area contributed by atoms with Gasteiger partial charge < -0.3 is 10.1 Å². The van der Waals surface area contributed by atoms with Crippen LogP contribution >= 0.6 is 0 Å². The van der Waals surface area contributed by atoms with Crippen LogP contribution in [0, 0.1) is 0 Å². The third kappa shape index (κ3) is 5.45. The number of fused-ring (bicyclic) bond motifs is 1. The Morgan fingerprint density at radius 3 is 2.33 bits per heavy atom. The van der Waals surface area contributed by atoms with Crippen LogP contribution in [-0.4, -0.2) is 30.4 Å². The highest BCUT2D eigenvalue weighted by atomic mass is 32.2. The Morgan fingerprint density at radius 1 is 0.939 bits per heavy atom. The van der Waals surface area contributed by atoms with E-state index in [2.05, 4.69) is 20.0 Å². The third-order valence-electron chi connectivity index (χ3n) is 4.89. The van der Waals surface area contributed by atoms with Crippen LogP contribution in [0.5, 0.6) is 5.75 Å². The molecule has 2 N–H and O–H groups in total. The lowest BCUT2D eigenvalue weighted by molar-refractivity contribution is -0.122. The normalized spacial score (nSPS) is 12.2. The minimum atomic E-state index is -3.85. The first kappa shape index (κ1) is 22.2. The lowest BCUT2D eigenvalue weighted by atomic mass is 10.1. The van der Waals surface area contributed by atoms with E-state index in [0.29, 0.717) is 17.9 Å². The molecule has 0 aliphatic carbocycles. The first-order valence-corrected chi connectivity index (χ1v) is 11.8. The summed E-state index contributed by atoms with van der Waals surface area (Å²) in [4.78, 5) is 20.5. The van der Waals surface area contributed by atoms with Crippen LogP contribution in [0.2, 0.25) is 0 Å². The number of rotatable bonds is 8. The lowest BCUT2D eigenvalue weighted by Crippen LogP contribution is -2.32. The van der Waals surface area contributed by atoms with Gasteiger partial charge in [0, 0.05) is 18.1 Å². The van der Waals surface area contributed by atoms with Gasteiger partial charge in [-0.05, 0) is 59.7 Å². The number of hydrogen-bond donors (Lipinski definition) is 2. The second kappa shape index (κ2) is 9.66. The maximum Gasteiger partial charge on any atom is 0.265 e. The van der Waals surface area contributed by atoms with E-state index in [0.717, 1.165) is 10.8 Å². The Labute approximate surface area is 191 Å². The fourth-order valence-corrected chi connectivity index (χ4v) is 4.16. The van der Waals surface area contributed by atoms with Gasteiger partial charge in [-0.25, -0.2) is 23.1 Å². The maximum absolute atomic E-state index is 12.8. The molecule has 3 aromatic carbocycles. The minimum absolute atomic E-state index is 0.0207. The summed E-state index contributed by atoms with van der Waals surface area (Å²) >= 11 is 0. The number of benzene rings is 3. The summed E-state index contributed by atoms with van der Waals surface area (Å²) in [5, 5.41) is 4.89. The zero-order chi connectivity index (χ0) is 23.3. The molecule has 1 amide bonds. The van der Waals surface area contributed by atoms with Gasteiger partial charge in [0.2, 0.25) is 5.95 Å². The average molecular weight is 463 g/mol. The first-order valence-electron chi connectivity index (χ1n) is 10.3. The van der Waals surface area contributed by atoms with Gasteiger partial charge in [-0.15, -0.1) is 0 Å². The number of nitrogens with one attached hydrogen (secondary N) is 2. The number of sulfonamides is 1. The van der Waals surface area contributed by atoms with Gasteiger partial charge in [0.05, 0.1) is 4.90 Å². The van der Waals surface area contributed by atoms with Crippen molar-refractivity contribution < 1.29 is 17.9 Å². The summed E-state index contributed by atoms with van der Waals surface area (Å²) in [7, 11) is -3.85. The minimum Gasteiger partial charge on any atom is -0.481 e. The molecule has 4 rings (SSSR count). The lowest BCUT2D eigenvalue weighted by Gasteiger charge is -2.18. The van der Waals surface area contributed by atoms with Crippen molar-refractivity contribution in [3.63, 3.8) is 0 Å². The largest absolute Gasteiger partial charge is 0.481 e. The summed E-state index contributed by atoms with van der Waals surface area (Å²) < 4.78 is 33.2. The SMILES string of the molecule is CCC(Oc1ccc2ccccc2c1)C(=O)Nc1ccc(S(=O)(=O)Nc2ncccn2)cc1. The Hall–Kier alpha value is -3.98. The molecule has 1 heterocycles. The van der Waals surface area contributed by atoms with E-state index in [-0.39, 0.29) is 16.8 Å². The predicted octanol–water partition coefficient (Wildman–Crippen LogP) is 4.23. The summed E-state index contributed by atoms with van der Waals surface area (Å²) in [6.45, 7) is 1.86. The molecule has 168 valence electrons. The molecular weight excluding hydrogens is 440 g/mol. The molecule has 0 aliphatic heterocycles. The predicted molar refractivity (Wildman–Crippen MR) is 127 cm³/mol. The van der Waals surface area contributed by atoms with Crippen molar-refractivity contribution in [2.45, 2.75) is 24.3 Å². The van der Waals surface area contributed by atoms with E-state index in [9.17, 15) is 13.2 Å². The van der Waals surface area contributed by atoms with E-state index in [4.69, 9.17) is 4.74 Å². The number of amides is 1. The number of carbonyl (C=O) groups excluding carboxylic acids is 1. The van der Waals surface area contributed by atoms with E-state index in [1.165, 1.54) is 36.7 Å². The molecule has 4 aromatic rings. The van der Waals surface area contributed by atoms with Crippen molar-refractivity contribution in [1.29, 1.82) is 0 Å². The summed E-state index contributed by atoms with van der Waals surface area (Å²) in [5.74, 6) is 0.259. The van der Waals surface area contributed by atoms with Gasteiger partial charge >= 0.3 is 0 Å². The monoisotopic (exact) mass is 462 g/mol. The van der Waals surface area contributed by atoms with Crippen LogP contribution in [0.4, 0.5) is 11.6 Å². The number of anilines is 2. The molecule has 0 radical (unpaired) electrons. The molecule has 0 saturated carbocycles. The first-order chi connectivity index (χ1) is 15.9. The Morgan fingerprint density at radius 2 is 1.64 bits per heavy atom. The zero-order valence-corrected chi connectivity index (χ0v) is 18.6. The van der Waals surface area contributed by atoms with Crippen LogP contribution < -0.4 is 14.8 Å². The third-order valence-corrected chi connectivity index (χ3v) is 6.23. The summed E-state index contributed by atoms with van der Waals surface area (Å²) in [6.07, 6.45) is 2.64. The maximum atomic E-state index is 12.8. The molecule has 0 saturated heterocycles. The van der Waals surface area contributed by atoms with Gasteiger partial charge in [0.25, 0.3) is 15.9 Å². The average Bonchev–Trinajstić information content (AvgIpc) is 2.83. The van der Waals surface area contributed by atoms with Crippen LogP contribution in [-0.2, 0) is 14.8 Å². The van der Waals surface area contributed by atoms with Crippen molar-refractivity contribution in [3.05, 3.63) is 85.2 Å². The van der Waals surface area contributed by atoms with Crippen molar-refractivity contribution in [3.8, 4) is 5.75 Å². The van der Waals surface area contributed by atoms with E-state index < -0.39 is 16.1 Å². The number of hydrogen-bond acceptors (Lipinski definition) is 6. The molecule has 1 unspecified atom stereocenters. The molecule has 1 aromatic heterocycles. The number of aromatic nitrogens is 2. The molecule has 8 nitrogen and oxygen atoms in total. The van der Waals surface area contributed by atoms with Crippen LogP contribution in [0.25, 0.3) is 10.8 Å². The topological polar surface area (TPSA) is 110 Å². The fraction of sp³-hybridized carbons (Fsp3) is 0.125. The highest BCUT2D eigenvalue weighted by Crippen LogP contribution is 2.23. The van der Waals surface area contributed by atoms with Gasteiger partial charge in [-0.1, -0.05) is 37.3 Å². The smallest absolute Gasteiger partial charge is 0.265 e. The standard InChI is InChI=1S/C24H22N4O4S/c1-2-22(32-20-11-8-17-6-3-4-7-18(17)16-20)23(29)27-19-9-12-21(13-10-19)33(30,31)28-24-25-14-5-15-26-24/h3-16,22H,2H2,1H3,(H,27,29)(H,25,26,28).